The molecular weight excluding hydrogens is 279 g/mol. The van der Waals surface area contributed by atoms with Crippen molar-refractivity contribution < 1.29 is 17.9 Å². The Bertz CT molecular complexity index is 443. The van der Waals surface area contributed by atoms with Crippen molar-refractivity contribution in [2.75, 3.05) is 6.54 Å². The summed E-state index contributed by atoms with van der Waals surface area (Å²) in [6.07, 6.45) is -1.53. The van der Waals surface area contributed by atoms with Gasteiger partial charge in [0.15, 0.2) is 0 Å². The van der Waals surface area contributed by atoms with E-state index in [1.54, 1.807) is 0 Å². The van der Waals surface area contributed by atoms with E-state index in [4.69, 9.17) is 4.74 Å². The van der Waals surface area contributed by atoms with Crippen molar-refractivity contribution in [1.29, 1.82) is 0 Å². The van der Waals surface area contributed by atoms with Gasteiger partial charge in [-0.15, -0.1) is 0 Å². The molecule has 1 unspecified atom stereocenters. The molecule has 1 aromatic carbocycles. The lowest BCUT2D eigenvalue weighted by Crippen LogP contribution is -2.24. The molecule has 2 nitrogen and oxygen atoms in total. The van der Waals surface area contributed by atoms with Crippen molar-refractivity contribution in [3.8, 4) is 5.75 Å². The molecule has 2 rings (SSSR count). The lowest BCUT2D eigenvalue weighted by atomic mass is 10.0. The van der Waals surface area contributed by atoms with Crippen molar-refractivity contribution in [2.24, 2.45) is 0 Å². The second-order valence-corrected chi connectivity index (χ2v) is 5.55. The van der Waals surface area contributed by atoms with Crippen molar-refractivity contribution in [1.82, 2.24) is 5.32 Å². The van der Waals surface area contributed by atoms with Crippen molar-refractivity contribution in [3.63, 3.8) is 0 Å². The van der Waals surface area contributed by atoms with Gasteiger partial charge in [0, 0.05) is 12.5 Å². The zero-order valence-corrected chi connectivity index (χ0v) is 12.2. The van der Waals surface area contributed by atoms with Crippen LogP contribution in [0.5, 0.6) is 5.75 Å². The minimum atomic E-state index is -4.12. The van der Waals surface area contributed by atoms with Gasteiger partial charge in [-0.1, -0.05) is 19.1 Å². The van der Waals surface area contributed by atoms with E-state index in [1.807, 2.05) is 31.2 Å². The number of hydrogen-bond donors (Lipinski definition) is 1. The van der Waals surface area contributed by atoms with Gasteiger partial charge in [0.2, 0.25) is 0 Å². The Morgan fingerprint density at radius 1 is 1.33 bits per heavy atom. The Kier molecular flexibility index (Phi) is 5.51. The van der Waals surface area contributed by atoms with Crippen LogP contribution in [0.1, 0.15) is 50.6 Å². The van der Waals surface area contributed by atoms with E-state index >= 15 is 0 Å². The minimum absolute atomic E-state index is 0.0520. The lowest BCUT2D eigenvalue weighted by Gasteiger charge is -2.20. The summed E-state index contributed by atoms with van der Waals surface area (Å²) in [7, 11) is 0. The number of benzene rings is 1. The third-order valence-electron chi connectivity index (χ3n) is 3.44. The third kappa shape index (κ3) is 5.96. The molecule has 1 aliphatic carbocycles. The van der Waals surface area contributed by atoms with Crippen LogP contribution in [0.2, 0.25) is 0 Å². The number of nitrogens with one attached hydrogen (secondary N) is 1. The molecule has 0 heterocycles. The summed E-state index contributed by atoms with van der Waals surface area (Å²) in [5, 5.41) is 3.20. The molecule has 1 aliphatic rings. The topological polar surface area (TPSA) is 21.3 Å². The average molecular weight is 301 g/mol. The molecule has 0 aliphatic heterocycles. The normalized spacial score (nSPS) is 16.8. The molecule has 0 bridgehead atoms. The van der Waals surface area contributed by atoms with Crippen LogP contribution in [0.3, 0.4) is 0 Å². The molecule has 5 heteroatoms. The third-order valence-corrected chi connectivity index (χ3v) is 3.44. The summed E-state index contributed by atoms with van der Waals surface area (Å²) in [5.74, 6) is 0.755. The zero-order chi connectivity index (χ0) is 15.3. The first-order valence-corrected chi connectivity index (χ1v) is 7.54. The number of rotatable bonds is 8. The molecule has 0 saturated heterocycles. The fourth-order valence-electron chi connectivity index (χ4n) is 2.20. The largest absolute Gasteiger partial charge is 0.490 e. The maximum absolute atomic E-state index is 12.5. The summed E-state index contributed by atoms with van der Waals surface area (Å²) in [6, 6.07) is 7.16. The van der Waals surface area contributed by atoms with Crippen LogP contribution in [0, 0.1) is 0 Å². The van der Waals surface area contributed by atoms with Crippen molar-refractivity contribution >= 4 is 0 Å². The Balaban J connectivity index is 2.02. The molecule has 1 atom stereocenters. The smallest absolute Gasteiger partial charge is 0.389 e. The van der Waals surface area contributed by atoms with Crippen molar-refractivity contribution in [3.05, 3.63) is 29.8 Å². The highest BCUT2D eigenvalue weighted by molar-refractivity contribution is 5.31. The highest BCUT2D eigenvalue weighted by Crippen LogP contribution is 2.31. The monoisotopic (exact) mass is 301 g/mol. The molecule has 118 valence electrons. The van der Waals surface area contributed by atoms with Crippen LogP contribution in [0.25, 0.3) is 0 Å². The van der Waals surface area contributed by atoms with E-state index in [9.17, 15) is 13.2 Å². The summed E-state index contributed by atoms with van der Waals surface area (Å²) in [4.78, 5) is 0. The first-order valence-electron chi connectivity index (χ1n) is 7.54. The fourth-order valence-corrected chi connectivity index (χ4v) is 2.20. The zero-order valence-electron chi connectivity index (χ0n) is 12.2. The quantitative estimate of drug-likeness (QED) is 0.757. The van der Waals surface area contributed by atoms with E-state index in [1.165, 1.54) is 0 Å². The molecule has 1 fully saturated rings. The summed E-state index contributed by atoms with van der Waals surface area (Å²) in [5.41, 5.74) is 0.867. The van der Waals surface area contributed by atoms with E-state index in [2.05, 4.69) is 5.32 Å². The van der Waals surface area contributed by atoms with Crippen molar-refractivity contribution in [2.45, 2.75) is 57.3 Å². The van der Waals surface area contributed by atoms with Gasteiger partial charge < -0.3 is 10.1 Å². The molecule has 1 aromatic rings. The van der Waals surface area contributed by atoms with Gasteiger partial charge in [-0.25, -0.2) is 0 Å². The lowest BCUT2D eigenvalue weighted by molar-refractivity contribution is -0.136. The molecule has 0 aromatic heterocycles. The summed E-state index contributed by atoms with van der Waals surface area (Å²) in [6.45, 7) is 2.71. The summed E-state index contributed by atoms with van der Waals surface area (Å²) < 4.78 is 43.1. The Morgan fingerprint density at radius 2 is 2.10 bits per heavy atom. The maximum atomic E-state index is 12.5. The molecule has 0 amide bonds. The Labute approximate surface area is 123 Å². The van der Waals surface area contributed by atoms with Crippen LogP contribution in [-0.2, 0) is 0 Å². The highest BCUT2D eigenvalue weighted by Gasteiger charge is 2.29. The number of alkyl halides is 3. The van der Waals surface area contributed by atoms with Crippen LogP contribution in [0.4, 0.5) is 13.2 Å². The number of halogens is 3. The molecular formula is C16H22F3NO. The first kappa shape index (κ1) is 16.1. The molecule has 0 spiro atoms. The van der Waals surface area contributed by atoms with Gasteiger partial charge in [-0.3, -0.25) is 0 Å². The SMILES string of the molecule is CCCNC(CCC(F)(F)F)c1cccc(OC2CC2)c1. The highest BCUT2D eigenvalue weighted by atomic mass is 19.4. The number of hydrogen-bond acceptors (Lipinski definition) is 2. The van der Waals surface area contributed by atoms with Gasteiger partial charge in [-0.2, -0.15) is 13.2 Å². The maximum Gasteiger partial charge on any atom is 0.389 e. The van der Waals surface area contributed by atoms with Crippen LogP contribution in [0.15, 0.2) is 24.3 Å². The first-order chi connectivity index (χ1) is 9.98. The average Bonchev–Trinajstić information content (AvgIpc) is 3.22. The van der Waals surface area contributed by atoms with E-state index in [0.29, 0.717) is 6.54 Å². The fraction of sp³-hybridized carbons (Fsp3) is 0.625. The predicted octanol–water partition coefficient (Wildman–Crippen LogP) is 4.61. The second kappa shape index (κ2) is 7.16. The van der Waals surface area contributed by atoms with E-state index in [0.717, 1.165) is 30.6 Å². The van der Waals surface area contributed by atoms with Crippen LogP contribution >= 0.6 is 0 Å². The van der Waals surface area contributed by atoms with Gasteiger partial charge in [0.1, 0.15) is 5.75 Å². The van der Waals surface area contributed by atoms with Gasteiger partial charge in [0.25, 0.3) is 0 Å². The Hall–Kier alpha value is -1.23. The van der Waals surface area contributed by atoms with Crippen LogP contribution in [-0.4, -0.2) is 18.8 Å². The number of ether oxygens (including phenoxy) is 1. The summed E-state index contributed by atoms with van der Waals surface area (Å²) >= 11 is 0. The standard InChI is InChI=1S/C16H22F3NO/c1-2-10-20-15(8-9-16(17,18)19)12-4-3-5-14(11-12)21-13-6-7-13/h3-5,11,13,15,20H,2,6-10H2,1H3. The Morgan fingerprint density at radius 3 is 2.71 bits per heavy atom. The van der Waals surface area contributed by atoms with E-state index in [-0.39, 0.29) is 18.6 Å². The van der Waals surface area contributed by atoms with E-state index < -0.39 is 12.6 Å². The molecule has 1 N–H and O–H groups in total. The predicted molar refractivity (Wildman–Crippen MR) is 76.4 cm³/mol. The van der Waals surface area contributed by atoms with Gasteiger partial charge >= 0.3 is 6.18 Å². The minimum Gasteiger partial charge on any atom is -0.490 e. The van der Waals surface area contributed by atoms with Gasteiger partial charge in [0.05, 0.1) is 6.10 Å². The second-order valence-electron chi connectivity index (χ2n) is 5.55. The van der Waals surface area contributed by atoms with Crippen LogP contribution < -0.4 is 10.1 Å². The van der Waals surface area contributed by atoms with Gasteiger partial charge in [-0.05, 0) is 49.9 Å². The molecule has 0 radical (unpaired) electrons. The molecule has 21 heavy (non-hydrogen) atoms. The molecule has 1 saturated carbocycles.